The van der Waals surface area contributed by atoms with E-state index in [0.29, 0.717) is 5.69 Å². The maximum atomic E-state index is 12.9. The zero-order valence-corrected chi connectivity index (χ0v) is 18.5. The molecule has 1 fully saturated rings. The Kier molecular flexibility index (Phi) is 6.37. The molecule has 4 rings (SSSR count). The largest absolute Gasteiger partial charge is 0.471 e. The molecule has 1 amide bonds. The van der Waals surface area contributed by atoms with Gasteiger partial charge in [-0.3, -0.25) is 9.69 Å². The third-order valence-electron chi connectivity index (χ3n) is 5.70. The Labute approximate surface area is 184 Å². The van der Waals surface area contributed by atoms with Gasteiger partial charge in [0.1, 0.15) is 5.75 Å². The molecule has 0 radical (unpaired) electrons. The van der Waals surface area contributed by atoms with Gasteiger partial charge < -0.3 is 9.64 Å². The molecule has 0 aliphatic carbocycles. The Balaban J connectivity index is 1.29. The minimum Gasteiger partial charge on any atom is -0.471 e. The molecule has 1 aliphatic rings. The highest BCUT2D eigenvalue weighted by molar-refractivity contribution is 5.92. The Hall–Kier alpha value is -3.12. The van der Waals surface area contributed by atoms with E-state index >= 15 is 0 Å². The molecular weight excluding hydrogens is 388 g/mol. The molecule has 2 heterocycles. The van der Waals surface area contributed by atoms with Crippen LogP contribution in [-0.4, -0.2) is 51.7 Å². The third-order valence-corrected chi connectivity index (χ3v) is 5.70. The smallest absolute Gasteiger partial charge is 0.274 e. The van der Waals surface area contributed by atoms with Gasteiger partial charge in [0.15, 0.2) is 12.4 Å². The fraction of sp³-hybridized carbons (Fsp3) is 0.360. The van der Waals surface area contributed by atoms with E-state index in [2.05, 4.69) is 47.3 Å². The first-order valence-corrected chi connectivity index (χ1v) is 10.8. The zero-order valence-electron chi connectivity index (χ0n) is 18.5. The van der Waals surface area contributed by atoms with E-state index in [1.807, 2.05) is 30.9 Å². The van der Waals surface area contributed by atoms with Crippen molar-refractivity contribution >= 4 is 5.91 Å². The molecule has 6 heteroatoms. The first kappa shape index (κ1) is 21.1. The number of rotatable bonds is 6. The fourth-order valence-electron chi connectivity index (χ4n) is 3.89. The predicted octanol–water partition coefficient (Wildman–Crippen LogP) is 3.80. The fourth-order valence-corrected chi connectivity index (χ4v) is 3.89. The Morgan fingerprint density at radius 3 is 2.52 bits per heavy atom. The average molecular weight is 419 g/mol. The van der Waals surface area contributed by atoms with Crippen LogP contribution < -0.4 is 4.74 Å². The van der Waals surface area contributed by atoms with Gasteiger partial charge in [-0.2, -0.15) is 5.10 Å². The van der Waals surface area contributed by atoms with Crippen LogP contribution >= 0.6 is 0 Å². The van der Waals surface area contributed by atoms with E-state index in [4.69, 9.17) is 4.74 Å². The van der Waals surface area contributed by atoms with Crippen LogP contribution in [0, 0.1) is 20.8 Å². The molecule has 6 nitrogen and oxygen atoms in total. The highest BCUT2D eigenvalue weighted by Crippen LogP contribution is 2.19. The van der Waals surface area contributed by atoms with Crippen molar-refractivity contribution in [2.45, 2.75) is 34.0 Å². The van der Waals surface area contributed by atoms with Gasteiger partial charge in [-0.15, -0.1) is 0 Å². The second-order valence-electron chi connectivity index (χ2n) is 8.34. The van der Waals surface area contributed by atoms with Crippen LogP contribution in [0.2, 0.25) is 0 Å². The summed E-state index contributed by atoms with van der Waals surface area (Å²) in [5, 5.41) is 4.44. The number of carbonyl (C=O) groups is 1. The van der Waals surface area contributed by atoms with Crippen molar-refractivity contribution in [2.24, 2.45) is 0 Å². The highest BCUT2D eigenvalue weighted by Gasteiger charge is 2.23. The van der Waals surface area contributed by atoms with Crippen molar-refractivity contribution in [2.75, 3.05) is 26.2 Å². The van der Waals surface area contributed by atoms with Crippen LogP contribution in [0.1, 0.15) is 32.7 Å². The standard InChI is InChI=1S/C25H30N4O2/c1-19-5-4-6-22(15-19)17-27-11-13-28(14-12-27)25(30)23-9-10-29(26-23)18-31-24-16-20(2)7-8-21(24)3/h4-10,15-16H,11-14,17-18H2,1-3H3. The van der Waals surface area contributed by atoms with Crippen molar-refractivity contribution in [3.05, 3.63) is 82.7 Å². The number of hydrogen-bond acceptors (Lipinski definition) is 4. The molecule has 0 bridgehead atoms. The number of ether oxygens (including phenoxy) is 1. The number of amides is 1. The SMILES string of the molecule is Cc1cccc(CN2CCN(C(=O)c3ccn(COc4cc(C)ccc4C)n3)CC2)c1. The quantitative estimate of drug-likeness (QED) is 0.611. The number of carbonyl (C=O) groups excluding carboxylic acids is 1. The summed E-state index contributed by atoms with van der Waals surface area (Å²) in [6.07, 6.45) is 1.80. The monoisotopic (exact) mass is 418 g/mol. The highest BCUT2D eigenvalue weighted by atomic mass is 16.5. The van der Waals surface area contributed by atoms with Crippen LogP contribution in [-0.2, 0) is 13.3 Å². The summed E-state index contributed by atoms with van der Waals surface area (Å²) in [7, 11) is 0. The molecule has 1 saturated heterocycles. The van der Waals surface area contributed by atoms with E-state index in [1.54, 1.807) is 16.9 Å². The summed E-state index contributed by atoms with van der Waals surface area (Å²) in [4.78, 5) is 17.2. The van der Waals surface area contributed by atoms with Crippen molar-refractivity contribution in [1.82, 2.24) is 19.6 Å². The van der Waals surface area contributed by atoms with Crippen molar-refractivity contribution in [3.8, 4) is 5.75 Å². The lowest BCUT2D eigenvalue weighted by molar-refractivity contribution is 0.0621. The normalized spacial score (nSPS) is 14.6. The van der Waals surface area contributed by atoms with Crippen LogP contribution in [0.15, 0.2) is 54.7 Å². The van der Waals surface area contributed by atoms with Crippen LogP contribution in [0.5, 0.6) is 5.75 Å². The lowest BCUT2D eigenvalue weighted by atomic mass is 10.1. The van der Waals surface area contributed by atoms with Crippen molar-refractivity contribution in [3.63, 3.8) is 0 Å². The molecule has 31 heavy (non-hydrogen) atoms. The van der Waals surface area contributed by atoms with Gasteiger partial charge in [0.2, 0.25) is 0 Å². The van der Waals surface area contributed by atoms with Gasteiger partial charge in [-0.1, -0.05) is 42.0 Å². The molecule has 0 N–H and O–H groups in total. The van der Waals surface area contributed by atoms with Gasteiger partial charge in [0.05, 0.1) is 0 Å². The summed E-state index contributed by atoms with van der Waals surface area (Å²) in [6, 6.07) is 16.5. The average Bonchev–Trinajstić information content (AvgIpc) is 3.23. The molecule has 2 aromatic carbocycles. The van der Waals surface area contributed by atoms with E-state index in [9.17, 15) is 4.79 Å². The Morgan fingerprint density at radius 1 is 0.968 bits per heavy atom. The molecule has 0 unspecified atom stereocenters. The topological polar surface area (TPSA) is 50.6 Å². The number of aryl methyl sites for hydroxylation is 3. The maximum Gasteiger partial charge on any atom is 0.274 e. The van der Waals surface area contributed by atoms with Gasteiger partial charge in [-0.25, -0.2) is 4.68 Å². The first-order valence-electron chi connectivity index (χ1n) is 10.8. The molecule has 3 aromatic rings. The second kappa shape index (κ2) is 9.35. The molecule has 0 atom stereocenters. The number of hydrogen-bond donors (Lipinski definition) is 0. The molecule has 162 valence electrons. The van der Waals surface area contributed by atoms with E-state index < -0.39 is 0 Å². The number of nitrogens with zero attached hydrogens (tertiary/aromatic N) is 4. The Bertz CT molecular complexity index is 1050. The third kappa shape index (κ3) is 5.33. The summed E-state index contributed by atoms with van der Waals surface area (Å²) in [5.74, 6) is 0.828. The molecule has 0 saturated carbocycles. The van der Waals surface area contributed by atoms with Crippen molar-refractivity contribution in [1.29, 1.82) is 0 Å². The van der Waals surface area contributed by atoms with Gasteiger partial charge in [0, 0.05) is 38.9 Å². The minimum absolute atomic E-state index is 0.0132. The summed E-state index contributed by atoms with van der Waals surface area (Å²) >= 11 is 0. The zero-order chi connectivity index (χ0) is 21.8. The lowest BCUT2D eigenvalue weighted by Crippen LogP contribution is -2.48. The summed E-state index contributed by atoms with van der Waals surface area (Å²) in [6.45, 7) is 10.6. The molecular formula is C25H30N4O2. The van der Waals surface area contributed by atoms with E-state index in [1.165, 1.54) is 11.1 Å². The number of benzene rings is 2. The molecule has 1 aliphatic heterocycles. The lowest BCUT2D eigenvalue weighted by Gasteiger charge is -2.34. The van der Waals surface area contributed by atoms with E-state index in [-0.39, 0.29) is 12.6 Å². The molecule has 1 aromatic heterocycles. The van der Waals surface area contributed by atoms with Gasteiger partial charge in [0.25, 0.3) is 5.91 Å². The summed E-state index contributed by atoms with van der Waals surface area (Å²) in [5.41, 5.74) is 5.30. The number of piperazine rings is 1. The van der Waals surface area contributed by atoms with Gasteiger partial charge >= 0.3 is 0 Å². The molecule has 0 spiro atoms. The maximum absolute atomic E-state index is 12.9. The van der Waals surface area contributed by atoms with Gasteiger partial charge in [-0.05, 0) is 49.6 Å². The minimum atomic E-state index is -0.0132. The second-order valence-corrected chi connectivity index (χ2v) is 8.34. The summed E-state index contributed by atoms with van der Waals surface area (Å²) < 4.78 is 7.56. The Morgan fingerprint density at radius 2 is 1.74 bits per heavy atom. The predicted molar refractivity (Wildman–Crippen MR) is 121 cm³/mol. The number of aromatic nitrogens is 2. The van der Waals surface area contributed by atoms with E-state index in [0.717, 1.165) is 49.6 Å². The van der Waals surface area contributed by atoms with Crippen molar-refractivity contribution < 1.29 is 9.53 Å². The van der Waals surface area contributed by atoms with Crippen LogP contribution in [0.4, 0.5) is 0 Å². The van der Waals surface area contributed by atoms with Crippen LogP contribution in [0.3, 0.4) is 0 Å². The first-order chi connectivity index (χ1) is 15.0. The van der Waals surface area contributed by atoms with Crippen LogP contribution in [0.25, 0.3) is 0 Å².